The summed E-state index contributed by atoms with van der Waals surface area (Å²) in [5, 5.41) is 0. The maximum atomic E-state index is 2.37. The predicted molar refractivity (Wildman–Crippen MR) is 62.4 cm³/mol. The Balaban J connectivity index is 2.47. The molecular weight excluding hydrogens is 170 g/mol. The first-order chi connectivity index (χ1) is 6.58. The van der Waals surface area contributed by atoms with Crippen LogP contribution in [0.1, 0.15) is 25.0 Å². The fourth-order valence-electron chi connectivity index (χ4n) is 1.69. The summed E-state index contributed by atoms with van der Waals surface area (Å²) in [4.78, 5) is 2.37. The van der Waals surface area contributed by atoms with Crippen molar-refractivity contribution in [3.8, 4) is 0 Å². The molecule has 0 radical (unpaired) electrons. The number of rotatable bonds is 4. The molecule has 1 rings (SSSR count). The first-order valence-electron chi connectivity index (χ1n) is 5.32. The monoisotopic (exact) mass is 191 g/mol. The molecule has 1 aromatic rings. The third-order valence-electron chi connectivity index (χ3n) is 2.25. The zero-order valence-corrected chi connectivity index (χ0v) is 9.75. The van der Waals surface area contributed by atoms with Gasteiger partial charge >= 0.3 is 0 Å². The third-order valence-corrected chi connectivity index (χ3v) is 2.25. The fraction of sp³-hybridized carbons (Fsp3) is 0.538. The quantitative estimate of drug-likeness (QED) is 0.707. The van der Waals surface area contributed by atoms with Gasteiger partial charge in [-0.25, -0.2) is 0 Å². The van der Waals surface area contributed by atoms with Gasteiger partial charge in [0, 0.05) is 13.1 Å². The lowest BCUT2D eigenvalue weighted by Gasteiger charge is -2.18. The SMILES string of the molecule is Cc1ccc(CN(C)CC(C)C)cc1. The van der Waals surface area contributed by atoms with Crippen molar-refractivity contribution in [1.82, 2.24) is 4.90 Å². The molecule has 0 N–H and O–H groups in total. The summed E-state index contributed by atoms with van der Waals surface area (Å²) in [5.74, 6) is 0.741. The second-order valence-electron chi connectivity index (χ2n) is 4.58. The molecule has 0 aliphatic rings. The van der Waals surface area contributed by atoms with Crippen LogP contribution in [0.3, 0.4) is 0 Å². The molecule has 0 unspecified atom stereocenters. The van der Waals surface area contributed by atoms with E-state index in [-0.39, 0.29) is 0 Å². The van der Waals surface area contributed by atoms with Gasteiger partial charge in [0.1, 0.15) is 0 Å². The molecule has 0 bridgehead atoms. The van der Waals surface area contributed by atoms with Gasteiger partial charge < -0.3 is 4.90 Å². The molecule has 0 saturated heterocycles. The largest absolute Gasteiger partial charge is 0.302 e. The standard InChI is InChI=1S/C13H21N/c1-11(2)9-14(4)10-13-7-5-12(3)6-8-13/h5-8,11H,9-10H2,1-4H3. The maximum Gasteiger partial charge on any atom is 0.0230 e. The second-order valence-corrected chi connectivity index (χ2v) is 4.58. The number of benzene rings is 1. The fourth-order valence-corrected chi connectivity index (χ4v) is 1.69. The van der Waals surface area contributed by atoms with Gasteiger partial charge in [-0.3, -0.25) is 0 Å². The molecule has 0 amide bonds. The van der Waals surface area contributed by atoms with Gasteiger partial charge in [-0.2, -0.15) is 0 Å². The average molecular weight is 191 g/mol. The molecule has 1 nitrogen and oxygen atoms in total. The minimum Gasteiger partial charge on any atom is -0.302 e. The molecule has 0 heterocycles. The van der Waals surface area contributed by atoms with E-state index in [1.807, 2.05) is 0 Å². The molecule has 78 valence electrons. The van der Waals surface area contributed by atoms with E-state index in [1.165, 1.54) is 11.1 Å². The first-order valence-corrected chi connectivity index (χ1v) is 5.32. The molecule has 0 aliphatic heterocycles. The lowest BCUT2D eigenvalue weighted by atomic mass is 10.1. The summed E-state index contributed by atoms with van der Waals surface area (Å²) in [7, 11) is 2.18. The smallest absolute Gasteiger partial charge is 0.0230 e. The number of nitrogens with zero attached hydrogens (tertiary/aromatic N) is 1. The minimum atomic E-state index is 0.741. The second kappa shape index (κ2) is 5.16. The first kappa shape index (κ1) is 11.3. The predicted octanol–water partition coefficient (Wildman–Crippen LogP) is 3.08. The van der Waals surface area contributed by atoms with Crippen molar-refractivity contribution in [2.24, 2.45) is 5.92 Å². The molecule has 0 aliphatic carbocycles. The van der Waals surface area contributed by atoms with Crippen molar-refractivity contribution in [2.75, 3.05) is 13.6 Å². The van der Waals surface area contributed by atoms with Crippen LogP contribution in [-0.4, -0.2) is 18.5 Å². The Morgan fingerprint density at radius 3 is 2.21 bits per heavy atom. The zero-order chi connectivity index (χ0) is 10.6. The molecule has 1 heteroatoms. The highest BCUT2D eigenvalue weighted by atomic mass is 15.1. The van der Waals surface area contributed by atoms with E-state index < -0.39 is 0 Å². The molecule has 0 aromatic heterocycles. The van der Waals surface area contributed by atoms with Gasteiger partial charge in [-0.15, -0.1) is 0 Å². The van der Waals surface area contributed by atoms with Crippen LogP contribution in [0.4, 0.5) is 0 Å². The molecule has 0 saturated carbocycles. The number of hydrogen-bond acceptors (Lipinski definition) is 1. The van der Waals surface area contributed by atoms with Crippen molar-refractivity contribution >= 4 is 0 Å². The van der Waals surface area contributed by atoms with Crippen LogP contribution < -0.4 is 0 Å². The topological polar surface area (TPSA) is 3.24 Å². The summed E-state index contributed by atoms with van der Waals surface area (Å²) in [5.41, 5.74) is 2.74. The van der Waals surface area contributed by atoms with Crippen molar-refractivity contribution in [1.29, 1.82) is 0 Å². The van der Waals surface area contributed by atoms with Crippen LogP contribution in [-0.2, 0) is 6.54 Å². The van der Waals surface area contributed by atoms with E-state index in [9.17, 15) is 0 Å². The van der Waals surface area contributed by atoms with Gasteiger partial charge in [-0.1, -0.05) is 43.7 Å². The molecule has 14 heavy (non-hydrogen) atoms. The highest BCUT2D eigenvalue weighted by molar-refractivity contribution is 5.21. The van der Waals surface area contributed by atoms with E-state index in [2.05, 4.69) is 57.0 Å². The van der Waals surface area contributed by atoms with E-state index in [1.54, 1.807) is 0 Å². The van der Waals surface area contributed by atoms with Crippen LogP contribution in [0.15, 0.2) is 24.3 Å². The van der Waals surface area contributed by atoms with Crippen molar-refractivity contribution in [3.63, 3.8) is 0 Å². The van der Waals surface area contributed by atoms with E-state index >= 15 is 0 Å². The Bertz CT molecular complexity index is 261. The van der Waals surface area contributed by atoms with Crippen molar-refractivity contribution in [3.05, 3.63) is 35.4 Å². The van der Waals surface area contributed by atoms with Crippen molar-refractivity contribution in [2.45, 2.75) is 27.3 Å². The molecular formula is C13H21N. The van der Waals surface area contributed by atoms with Gasteiger partial charge in [0.05, 0.1) is 0 Å². The van der Waals surface area contributed by atoms with E-state index in [0.717, 1.165) is 19.0 Å². The Labute approximate surface area is 87.7 Å². The highest BCUT2D eigenvalue weighted by Gasteiger charge is 2.02. The van der Waals surface area contributed by atoms with Gasteiger partial charge in [0.15, 0.2) is 0 Å². The Morgan fingerprint density at radius 2 is 1.71 bits per heavy atom. The van der Waals surface area contributed by atoms with Crippen LogP contribution in [0.25, 0.3) is 0 Å². The van der Waals surface area contributed by atoms with Crippen LogP contribution in [0, 0.1) is 12.8 Å². The number of aryl methyl sites for hydroxylation is 1. The summed E-state index contributed by atoms with van der Waals surface area (Å²) in [6, 6.07) is 8.79. The minimum absolute atomic E-state index is 0.741. The summed E-state index contributed by atoms with van der Waals surface area (Å²) >= 11 is 0. The van der Waals surface area contributed by atoms with Crippen LogP contribution in [0.2, 0.25) is 0 Å². The summed E-state index contributed by atoms with van der Waals surface area (Å²) in [6.07, 6.45) is 0. The van der Waals surface area contributed by atoms with Crippen molar-refractivity contribution < 1.29 is 0 Å². The van der Waals surface area contributed by atoms with Gasteiger partial charge in [0.2, 0.25) is 0 Å². The Hall–Kier alpha value is -0.820. The lowest BCUT2D eigenvalue weighted by molar-refractivity contribution is 0.288. The van der Waals surface area contributed by atoms with E-state index in [4.69, 9.17) is 0 Å². The molecule has 1 aromatic carbocycles. The zero-order valence-electron chi connectivity index (χ0n) is 9.75. The van der Waals surface area contributed by atoms with Crippen LogP contribution >= 0.6 is 0 Å². The Morgan fingerprint density at radius 1 is 1.14 bits per heavy atom. The van der Waals surface area contributed by atoms with Gasteiger partial charge in [-0.05, 0) is 25.5 Å². The maximum absolute atomic E-state index is 2.37. The third kappa shape index (κ3) is 3.93. The summed E-state index contributed by atoms with van der Waals surface area (Å²) < 4.78 is 0. The van der Waals surface area contributed by atoms with Gasteiger partial charge in [0.25, 0.3) is 0 Å². The summed E-state index contributed by atoms with van der Waals surface area (Å²) in [6.45, 7) is 8.85. The molecule has 0 spiro atoms. The molecule has 0 fully saturated rings. The Kier molecular flexibility index (Phi) is 4.15. The van der Waals surface area contributed by atoms with E-state index in [0.29, 0.717) is 0 Å². The van der Waals surface area contributed by atoms with Crippen LogP contribution in [0.5, 0.6) is 0 Å². The lowest BCUT2D eigenvalue weighted by Crippen LogP contribution is -2.22. The normalized spacial score (nSPS) is 11.3. The molecule has 0 atom stereocenters. The average Bonchev–Trinajstić information content (AvgIpc) is 2.07. The number of hydrogen-bond donors (Lipinski definition) is 0. The highest BCUT2D eigenvalue weighted by Crippen LogP contribution is 2.07.